The normalized spacial score (nSPS) is 18.4. The number of ketones is 1. The number of anilines is 1. The van der Waals surface area contributed by atoms with E-state index < -0.39 is 5.60 Å². The van der Waals surface area contributed by atoms with Crippen LogP contribution in [-0.4, -0.2) is 47.0 Å². The highest BCUT2D eigenvalue weighted by Crippen LogP contribution is 2.27. The van der Waals surface area contributed by atoms with Crippen LogP contribution in [0.4, 0.5) is 10.5 Å². The minimum Gasteiger partial charge on any atom is -0.371 e. The molecule has 0 spiro atoms. The quantitative estimate of drug-likeness (QED) is 0.775. The van der Waals surface area contributed by atoms with E-state index >= 15 is 0 Å². The van der Waals surface area contributed by atoms with Crippen LogP contribution in [0, 0.1) is 0 Å². The maximum Gasteiger partial charge on any atom is 0.322 e. The highest BCUT2D eigenvalue weighted by molar-refractivity contribution is 5.93. The number of pyridine rings is 1. The maximum atomic E-state index is 12.7. The fourth-order valence-electron chi connectivity index (χ4n) is 3.97. The lowest BCUT2D eigenvalue weighted by Crippen LogP contribution is -2.49. The van der Waals surface area contributed by atoms with Gasteiger partial charge in [0.2, 0.25) is 0 Å². The third-order valence-corrected chi connectivity index (χ3v) is 6.08. The van der Waals surface area contributed by atoms with Gasteiger partial charge in [0.15, 0.2) is 5.78 Å². The zero-order valence-corrected chi connectivity index (χ0v) is 18.1. The van der Waals surface area contributed by atoms with E-state index in [1.165, 1.54) is 0 Å². The Labute approximate surface area is 182 Å². The highest BCUT2D eigenvalue weighted by Gasteiger charge is 2.35. The van der Waals surface area contributed by atoms with Crippen molar-refractivity contribution in [3.63, 3.8) is 0 Å². The first kappa shape index (κ1) is 21.2. The summed E-state index contributed by atoms with van der Waals surface area (Å²) in [6.45, 7) is 5.38. The van der Waals surface area contributed by atoms with E-state index in [0.717, 1.165) is 28.0 Å². The summed E-state index contributed by atoms with van der Waals surface area (Å²) in [5.41, 5.74) is 4.31. The summed E-state index contributed by atoms with van der Waals surface area (Å²) >= 11 is 0. The molecule has 2 amide bonds. The van der Waals surface area contributed by atoms with Gasteiger partial charge in [0.25, 0.3) is 0 Å². The van der Waals surface area contributed by atoms with Crippen LogP contribution in [0.5, 0.6) is 0 Å². The van der Waals surface area contributed by atoms with Crippen LogP contribution >= 0.6 is 0 Å². The molecule has 0 bridgehead atoms. The van der Waals surface area contributed by atoms with Gasteiger partial charge in [-0.15, -0.1) is 0 Å². The molecule has 0 aliphatic carbocycles. The van der Waals surface area contributed by atoms with Gasteiger partial charge in [0.1, 0.15) is 5.60 Å². The molecule has 1 aromatic heterocycles. The number of carbonyl (C=O) groups excluding carboxylic acids is 2. The van der Waals surface area contributed by atoms with E-state index in [-0.39, 0.29) is 17.9 Å². The predicted octanol–water partition coefficient (Wildman–Crippen LogP) is 3.37. The number of fused-ring (bicyclic) bond motifs is 1. The number of ether oxygens (including phenoxy) is 1. The number of hydrogen-bond acceptors (Lipinski definition) is 5. The van der Waals surface area contributed by atoms with Crippen LogP contribution in [-0.2, 0) is 22.6 Å². The van der Waals surface area contributed by atoms with Gasteiger partial charge in [-0.3, -0.25) is 9.78 Å². The van der Waals surface area contributed by atoms with E-state index in [0.29, 0.717) is 26.1 Å². The molecule has 2 aliphatic rings. The number of nitrogens with zero attached hydrogens (tertiary/aromatic N) is 2. The number of carbonyl (C=O) groups is 2. The van der Waals surface area contributed by atoms with Crippen molar-refractivity contribution in [2.75, 3.05) is 19.0 Å². The molecule has 0 saturated heterocycles. The zero-order chi connectivity index (χ0) is 22.0. The molecule has 2 aromatic rings. The lowest BCUT2D eigenvalue weighted by Gasteiger charge is -2.30. The Morgan fingerprint density at radius 3 is 2.61 bits per heavy atom. The molecule has 1 atom stereocenters. The summed E-state index contributed by atoms with van der Waals surface area (Å²) in [5, 5.41) is 6.23. The standard InChI is InChI=1S/C24H28N4O3/c1-24(2,31-3)22(29)21-12-17(9-11-26-21)16-4-6-20(7-5-16)27-23(30)28-14-18-8-10-25-13-19(18)15-28/h4-10,13,21,26H,11-12,14-15H2,1-3H3,(H,27,30). The number of benzene rings is 1. The van der Waals surface area contributed by atoms with E-state index in [2.05, 4.69) is 21.7 Å². The van der Waals surface area contributed by atoms with Crippen molar-refractivity contribution in [3.8, 4) is 0 Å². The summed E-state index contributed by atoms with van der Waals surface area (Å²) in [6.07, 6.45) is 6.28. The minimum atomic E-state index is -0.820. The molecule has 2 N–H and O–H groups in total. The first-order chi connectivity index (χ1) is 14.9. The van der Waals surface area contributed by atoms with Crippen molar-refractivity contribution < 1.29 is 14.3 Å². The van der Waals surface area contributed by atoms with Crippen LogP contribution in [0.1, 0.15) is 37.0 Å². The Morgan fingerprint density at radius 2 is 1.90 bits per heavy atom. The maximum absolute atomic E-state index is 12.7. The molecule has 4 rings (SSSR count). The molecule has 3 heterocycles. The number of rotatable bonds is 5. The fourth-order valence-corrected chi connectivity index (χ4v) is 3.97. The van der Waals surface area contributed by atoms with Crippen LogP contribution in [0.2, 0.25) is 0 Å². The Balaban J connectivity index is 1.38. The van der Waals surface area contributed by atoms with Gasteiger partial charge in [0, 0.05) is 44.8 Å². The molecule has 0 radical (unpaired) electrons. The lowest BCUT2D eigenvalue weighted by molar-refractivity contribution is -0.139. The second kappa shape index (κ2) is 8.61. The van der Waals surface area contributed by atoms with Gasteiger partial charge in [0.05, 0.1) is 6.04 Å². The van der Waals surface area contributed by atoms with Crippen molar-refractivity contribution in [2.45, 2.75) is 45.0 Å². The molecule has 1 unspecified atom stereocenters. The average molecular weight is 421 g/mol. The molecular formula is C24H28N4O3. The molecule has 7 heteroatoms. The zero-order valence-electron chi connectivity index (χ0n) is 18.1. The number of methoxy groups -OCH3 is 1. The van der Waals surface area contributed by atoms with E-state index in [1.54, 1.807) is 32.1 Å². The molecule has 162 valence electrons. The second-order valence-corrected chi connectivity index (χ2v) is 8.48. The molecule has 31 heavy (non-hydrogen) atoms. The molecule has 1 aromatic carbocycles. The highest BCUT2D eigenvalue weighted by atomic mass is 16.5. The summed E-state index contributed by atoms with van der Waals surface area (Å²) < 4.78 is 5.35. The summed E-state index contributed by atoms with van der Waals surface area (Å²) in [4.78, 5) is 31.3. The number of aromatic nitrogens is 1. The molecule has 7 nitrogen and oxygen atoms in total. The van der Waals surface area contributed by atoms with Gasteiger partial charge in [-0.25, -0.2) is 4.79 Å². The molecule has 0 fully saturated rings. The second-order valence-electron chi connectivity index (χ2n) is 8.48. The van der Waals surface area contributed by atoms with Gasteiger partial charge >= 0.3 is 6.03 Å². The molecule has 0 saturated carbocycles. The number of nitrogens with one attached hydrogen (secondary N) is 2. The Bertz CT molecular complexity index is 989. The van der Waals surface area contributed by atoms with E-state index in [9.17, 15) is 9.59 Å². The SMILES string of the molecule is COC(C)(C)C(=O)C1CC(c2ccc(NC(=O)N3Cc4ccncc4C3)cc2)=CCN1. The third kappa shape index (κ3) is 4.52. The van der Waals surface area contributed by atoms with Crippen molar-refractivity contribution in [1.82, 2.24) is 15.2 Å². The monoisotopic (exact) mass is 420 g/mol. The first-order valence-corrected chi connectivity index (χ1v) is 10.5. The Hall–Kier alpha value is -3.03. The number of hydrogen-bond donors (Lipinski definition) is 2. The summed E-state index contributed by atoms with van der Waals surface area (Å²) in [5.74, 6) is 0.0475. The molecular weight excluding hydrogens is 392 g/mol. The van der Waals surface area contributed by atoms with E-state index in [1.807, 2.05) is 36.5 Å². The van der Waals surface area contributed by atoms with Gasteiger partial charge in [-0.05, 0) is 60.7 Å². The summed E-state index contributed by atoms with van der Waals surface area (Å²) in [7, 11) is 1.56. The van der Waals surface area contributed by atoms with E-state index in [4.69, 9.17) is 4.74 Å². The van der Waals surface area contributed by atoms with Crippen LogP contribution in [0.25, 0.3) is 5.57 Å². The van der Waals surface area contributed by atoms with Crippen LogP contribution in [0.3, 0.4) is 0 Å². The number of Topliss-reactive ketones (excluding diaryl/α,β-unsaturated/α-hetero) is 1. The lowest BCUT2D eigenvalue weighted by atomic mass is 9.88. The van der Waals surface area contributed by atoms with Gasteiger partial charge < -0.3 is 20.3 Å². The van der Waals surface area contributed by atoms with Crippen molar-refractivity contribution in [3.05, 3.63) is 65.5 Å². The minimum absolute atomic E-state index is 0.0475. The first-order valence-electron chi connectivity index (χ1n) is 10.5. The number of amides is 2. The predicted molar refractivity (Wildman–Crippen MR) is 119 cm³/mol. The third-order valence-electron chi connectivity index (χ3n) is 6.08. The van der Waals surface area contributed by atoms with Crippen LogP contribution in [0.15, 0.2) is 48.8 Å². The Kier molecular flexibility index (Phi) is 5.89. The smallest absolute Gasteiger partial charge is 0.322 e. The average Bonchev–Trinajstić information content (AvgIpc) is 3.24. The Morgan fingerprint density at radius 1 is 1.16 bits per heavy atom. The topological polar surface area (TPSA) is 83.6 Å². The molecule has 2 aliphatic heterocycles. The van der Waals surface area contributed by atoms with Crippen LogP contribution < -0.4 is 10.6 Å². The van der Waals surface area contributed by atoms with Gasteiger partial charge in [-0.1, -0.05) is 18.2 Å². The van der Waals surface area contributed by atoms with Crippen molar-refractivity contribution >= 4 is 23.1 Å². The van der Waals surface area contributed by atoms with Crippen molar-refractivity contribution in [2.24, 2.45) is 0 Å². The van der Waals surface area contributed by atoms with Crippen molar-refractivity contribution in [1.29, 1.82) is 0 Å². The largest absolute Gasteiger partial charge is 0.371 e. The summed E-state index contributed by atoms with van der Waals surface area (Å²) in [6, 6.07) is 9.32. The van der Waals surface area contributed by atoms with Gasteiger partial charge in [-0.2, -0.15) is 0 Å². The number of urea groups is 1. The fraction of sp³-hybridized carbons (Fsp3) is 0.375.